The molecule has 2 aromatic heterocycles. The highest BCUT2D eigenvalue weighted by molar-refractivity contribution is 5.91. The van der Waals surface area contributed by atoms with Crippen LogP contribution in [-0.2, 0) is 23.9 Å². The highest BCUT2D eigenvalue weighted by atomic mass is 19.4. The molecule has 5 aromatic rings. The first kappa shape index (κ1) is 28.3. The summed E-state index contributed by atoms with van der Waals surface area (Å²) in [6, 6.07) is 18.9. The number of aryl methyl sites for hydroxylation is 1. The average Bonchev–Trinajstić information content (AvgIpc) is 3.31. The van der Waals surface area contributed by atoms with Crippen LogP contribution in [-0.4, -0.2) is 24.8 Å². The Morgan fingerprint density at radius 3 is 2.26 bits per heavy atom. The molecule has 0 aliphatic heterocycles. The van der Waals surface area contributed by atoms with E-state index in [0.29, 0.717) is 22.6 Å². The number of rotatable bonds is 7. The number of benzene rings is 3. The average molecular weight is 576 g/mol. The summed E-state index contributed by atoms with van der Waals surface area (Å²) < 4.78 is 41.8. The topological polar surface area (TPSA) is 112 Å². The van der Waals surface area contributed by atoms with E-state index in [1.54, 1.807) is 44.2 Å². The third kappa shape index (κ3) is 5.14. The Kier molecular flexibility index (Phi) is 7.38. The number of carbonyl (C=O) groups excluding carboxylic acids is 1. The molecule has 9 nitrogen and oxygen atoms in total. The van der Waals surface area contributed by atoms with Gasteiger partial charge >= 0.3 is 6.18 Å². The van der Waals surface area contributed by atoms with Crippen LogP contribution in [0.5, 0.6) is 0 Å². The second-order valence-corrected chi connectivity index (χ2v) is 9.51. The van der Waals surface area contributed by atoms with E-state index in [1.165, 1.54) is 27.2 Å². The van der Waals surface area contributed by atoms with E-state index in [4.69, 9.17) is 0 Å². The maximum absolute atomic E-state index is 14.2. The number of nitrogens with one attached hydrogen (secondary N) is 1. The number of nitro benzene ring substituents is 1. The molecule has 42 heavy (non-hydrogen) atoms. The smallest absolute Gasteiger partial charge is 0.325 e. The Hall–Kier alpha value is -5.26. The standard InChI is InChI=1S/C30H24F3N5O4/c1-3-23-26(22-11-7-8-12-24(22)38(41)42)28(40)37-27(19-9-5-4-6-10-19)18(2)34-29(37)36(23)17-25(39)35-21-15-13-20(14-16-21)30(31,32)33/h4-16H,3,17H2,1-2H3,(H,35,39). The van der Waals surface area contributed by atoms with Crippen LogP contribution in [0.3, 0.4) is 0 Å². The Morgan fingerprint density at radius 1 is 1.00 bits per heavy atom. The van der Waals surface area contributed by atoms with Gasteiger partial charge in [-0.15, -0.1) is 0 Å². The summed E-state index contributed by atoms with van der Waals surface area (Å²) >= 11 is 0. The zero-order chi connectivity index (χ0) is 30.2. The molecule has 5 rings (SSSR count). The highest BCUT2D eigenvalue weighted by Gasteiger charge is 2.30. The van der Waals surface area contributed by atoms with E-state index in [2.05, 4.69) is 10.3 Å². The van der Waals surface area contributed by atoms with Gasteiger partial charge in [-0.05, 0) is 43.7 Å². The third-order valence-electron chi connectivity index (χ3n) is 6.86. The van der Waals surface area contributed by atoms with E-state index in [9.17, 15) is 32.9 Å². The minimum absolute atomic E-state index is 0.0502. The molecule has 0 unspecified atom stereocenters. The van der Waals surface area contributed by atoms with Crippen molar-refractivity contribution in [3.63, 3.8) is 0 Å². The van der Waals surface area contributed by atoms with Gasteiger partial charge in [0.05, 0.1) is 33.0 Å². The molecular formula is C30H24F3N5O4. The molecule has 214 valence electrons. The number of carbonyl (C=O) groups is 1. The van der Waals surface area contributed by atoms with Crippen molar-refractivity contribution in [1.29, 1.82) is 0 Å². The van der Waals surface area contributed by atoms with E-state index in [1.807, 2.05) is 6.07 Å². The van der Waals surface area contributed by atoms with Crippen molar-refractivity contribution in [2.24, 2.45) is 0 Å². The summed E-state index contributed by atoms with van der Waals surface area (Å²) in [5, 5.41) is 14.5. The van der Waals surface area contributed by atoms with Crippen LogP contribution in [0.2, 0.25) is 0 Å². The van der Waals surface area contributed by atoms with Gasteiger partial charge in [0.2, 0.25) is 11.7 Å². The van der Waals surface area contributed by atoms with Crippen LogP contribution >= 0.6 is 0 Å². The monoisotopic (exact) mass is 575 g/mol. The molecule has 12 heteroatoms. The molecule has 3 aromatic carbocycles. The SMILES string of the molecule is CCc1c(-c2ccccc2[N+](=O)[O-])c(=O)n2c(-c3ccccc3)c(C)nc2n1CC(=O)Nc1ccc(C(F)(F)F)cc1. The van der Waals surface area contributed by atoms with Gasteiger partial charge in [0.15, 0.2) is 0 Å². The number of hydrogen-bond acceptors (Lipinski definition) is 5. The lowest BCUT2D eigenvalue weighted by molar-refractivity contribution is -0.384. The zero-order valence-electron chi connectivity index (χ0n) is 22.5. The molecule has 0 bridgehead atoms. The summed E-state index contributed by atoms with van der Waals surface area (Å²) in [5.74, 6) is -0.441. The number of hydrogen-bond donors (Lipinski definition) is 1. The molecule has 0 saturated heterocycles. The Morgan fingerprint density at radius 2 is 1.64 bits per heavy atom. The van der Waals surface area contributed by atoms with E-state index in [0.717, 1.165) is 24.3 Å². The van der Waals surface area contributed by atoms with Crippen molar-refractivity contribution in [2.75, 3.05) is 5.32 Å². The van der Waals surface area contributed by atoms with Crippen LogP contribution in [0.25, 0.3) is 28.2 Å². The molecule has 1 amide bonds. The minimum Gasteiger partial charge on any atom is -0.325 e. The number of aromatic nitrogens is 3. The summed E-state index contributed by atoms with van der Waals surface area (Å²) in [7, 11) is 0. The van der Waals surface area contributed by atoms with Crippen LogP contribution in [0.15, 0.2) is 83.7 Å². The van der Waals surface area contributed by atoms with Crippen molar-refractivity contribution in [3.05, 3.63) is 116 Å². The number of fused-ring (bicyclic) bond motifs is 1. The zero-order valence-corrected chi connectivity index (χ0v) is 22.5. The largest absolute Gasteiger partial charge is 0.416 e. The second-order valence-electron chi connectivity index (χ2n) is 9.51. The molecule has 0 saturated carbocycles. The van der Waals surface area contributed by atoms with Crippen molar-refractivity contribution in [2.45, 2.75) is 33.0 Å². The third-order valence-corrected chi connectivity index (χ3v) is 6.86. The maximum Gasteiger partial charge on any atom is 0.416 e. The van der Waals surface area contributed by atoms with Crippen LogP contribution in [0.1, 0.15) is 23.9 Å². The summed E-state index contributed by atoms with van der Waals surface area (Å²) in [4.78, 5) is 43.5. The Bertz CT molecular complexity index is 1880. The van der Waals surface area contributed by atoms with Gasteiger partial charge in [0, 0.05) is 23.0 Å². The van der Waals surface area contributed by atoms with E-state index >= 15 is 0 Å². The quantitative estimate of drug-likeness (QED) is 0.182. The molecule has 0 fully saturated rings. The molecular weight excluding hydrogens is 551 g/mol. The summed E-state index contributed by atoms with van der Waals surface area (Å²) in [6.45, 7) is 3.10. The van der Waals surface area contributed by atoms with Crippen molar-refractivity contribution in [3.8, 4) is 22.4 Å². The van der Waals surface area contributed by atoms with Gasteiger partial charge < -0.3 is 9.88 Å². The first-order valence-electron chi connectivity index (χ1n) is 12.9. The Labute approximate surface area is 237 Å². The maximum atomic E-state index is 14.2. The molecule has 0 aliphatic carbocycles. The van der Waals surface area contributed by atoms with Gasteiger partial charge in [0.1, 0.15) is 6.54 Å². The number of imidazole rings is 1. The lowest BCUT2D eigenvalue weighted by Gasteiger charge is -2.19. The summed E-state index contributed by atoms with van der Waals surface area (Å²) in [6.07, 6.45) is -4.31. The summed E-state index contributed by atoms with van der Waals surface area (Å²) in [5.41, 5.74) is 0.608. The van der Waals surface area contributed by atoms with Gasteiger partial charge in [-0.1, -0.05) is 49.4 Å². The molecule has 0 radical (unpaired) electrons. The predicted octanol–water partition coefficient (Wildman–Crippen LogP) is 6.27. The number of nitrogens with zero attached hydrogens (tertiary/aromatic N) is 4. The minimum atomic E-state index is -4.52. The van der Waals surface area contributed by atoms with Gasteiger partial charge in [-0.3, -0.25) is 19.7 Å². The lowest BCUT2D eigenvalue weighted by atomic mass is 10.0. The number of alkyl halides is 3. The number of halogens is 3. The van der Waals surface area contributed by atoms with E-state index < -0.39 is 28.1 Å². The van der Waals surface area contributed by atoms with Crippen LogP contribution < -0.4 is 10.9 Å². The first-order chi connectivity index (χ1) is 20.0. The fourth-order valence-corrected chi connectivity index (χ4v) is 5.05. The van der Waals surface area contributed by atoms with Crippen molar-refractivity contribution in [1.82, 2.24) is 14.0 Å². The normalized spacial score (nSPS) is 11.5. The number of anilines is 1. The number of amides is 1. The van der Waals surface area contributed by atoms with Crippen LogP contribution in [0.4, 0.5) is 24.5 Å². The molecule has 0 spiro atoms. The fourth-order valence-electron chi connectivity index (χ4n) is 5.05. The van der Waals surface area contributed by atoms with Crippen molar-refractivity contribution < 1.29 is 22.9 Å². The lowest BCUT2D eigenvalue weighted by Crippen LogP contribution is -2.28. The Balaban J connectivity index is 1.72. The van der Waals surface area contributed by atoms with Crippen molar-refractivity contribution >= 4 is 23.1 Å². The second kappa shape index (κ2) is 11.0. The molecule has 0 aliphatic rings. The number of para-hydroxylation sites is 1. The number of nitro groups is 1. The van der Waals surface area contributed by atoms with Crippen LogP contribution in [0, 0.1) is 17.0 Å². The van der Waals surface area contributed by atoms with Gasteiger partial charge in [-0.25, -0.2) is 9.38 Å². The molecule has 1 N–H and O–H groups in total. The predicted molar refractivity (Wildman–Crippen MR) is 151 cm³/mol. The van der Waals surface area contributed by atoms with Gasteiger partial charge in [0.25, 0.3) is 11.2 Å². The fraction of sp³-hybridized carbons (Fsp3) is 0.167. The molecule has 0 atom stereocenters. The van der Waals surface area contributed by atoms with E-state index in [-0.39, 0.29) is 41.2 Å². The first-order valence-corrected chi connectivity index (χ1v) is 12.9. The van der Waals surface area contributed by atoms with Gasteiger partial charge in [-0.2, -0.15) is 13.2 Å². The molecule has 2 heterocycles. The highest BCUT2D eigenvalue weighted by Crippen LogP contribution is 2.33.